The summed E-state index contributed by atoms with van der Waals surface area (Å²) in [5.74, 6) is 5.71. The van der Waals surface area contributed by atoms with Crippen LogP contribution in [0.4, 0.5) is 5.69 Å². The first-order valence-electron chi connectivity index (χ1n) is 7.39. The summed E-state index contributed by atoms with van der Waals surface area (Å²) in [4.78, 5) is 4.10. The summed E-state index contributed by atoms with van der Waals surface area (Å²) in [6.45, 7) is 4.58. The van der Waals surface area contributed by atoms with Crippen LogP contribution in [-0.4, -0.2) is 30.3 Å². The molecule has 0 bridgehead atoms. The number of hydrazine groups is 1. The summed E-state index contributed by atoms with van der Waals surface area (Å²) in [6.07, 6.45) is 6.92. The van der Waals surface area contributed by atoms with Crippen LogP contribution >= 0.6 is 0 Å². The highest BCUT2D eigenvalue weighted by Gasteiger charge is 2.35. The largest absolute Gasteiger partial charge is 0.323 e. The van der Waals surface area contributed by atoms with Crippen molar-refractivity contribution in [2.45, 2.75) is 50.5 Å². The molecule has 0 unspecified atom stereocenters. The van der Waals surface area contributed by atoms with Gasteiger partial charge in [0.2, 0.25) is 10.0 Å². The Bertz CT molecular complexity index is 568. The maximum Gasteiger partial charge on any atom is 0.246 e. The van der Waals surface area contributed by atoms with Crippen molar-refractivity contribution in [1.82, 2.24) is 9.29 Å². The molecule has 7 heteroatoms. The van der Waals surface area contributed by atoms with Crippen molar-refractivity contribution < 1.29 is 8.42 Å². The summed E-state index contributed by atoms with van der Waals surface area (Å²) in [5, 5.41) is 0. The highest BCUT2D eigenvalue weighted by atomic mass is 32.2. The minimum Gasteiger partial charge on any atom is -0.323 e. The molecule has 118 valence electrons. The van der Waals surface area contributed by atoms with Crippen molar-refractivity contribution in [2.24, 2.45) is 11.8 Å². The van der Waals surface area contributed by atoms with Crippen molar-refractivity contribution >= 4 is 15.7 Å². The number of nitrogens with one attached hydrogen (secondary N) is 1. The van der Waals surface area contributed by atoms with Gasteiger partial charge in [0.15, 0.2) is 0 Å². The molecule has 1 saturated carbocycles. The molecule has 1 heterocycles. The summed E-state index contributed by atoms with van der Waals surface area (Å²) >= 11 is 0. The van der Waals surface area contributed by atoms with Gasteiger partial charge in [-0.05, 0) is 24.8 Å². The smallest absolute Gasteiger partial charge is 0.246 e. The molecule has 1 fully saturated rings. The predicted molar refractivity (Wildman–Crippen MR) is 83.0 cm³/mol. The van der Waals surface area contributed by atoms with E-state index in [2.05, 4.69) is 10.4 Å². The molecule has 0 aliphatic heterocycles. The SMILES string of the molecule is CC(C)CN(C1CCCC1)S(=O)(=O)c1cnccc1NN. The van der Waals surface area contributed by atoms with Crippen LogP contribution in [0.3, 0.4) is 0 Å². The predicted octanol–water partition coefficient (Wildman–Crippen LogP) is 1.96. The molecule has 0 radical (unpaired) electrons. The first kappa shape index (κ1) is 16.2. The normalized spacial score (nSPS) is 16.8. The molecule has 1 aromatic rings. The molecule has 0 aromatic carbocycles. The molecule has 0 amide bonds. The fourth-order valence-corrected chi connectivity index (χ4v) is 4.78. The van der Waals surface area contributed by atoms with E-state index in [1.165, 1.54) is 12.4 Å². The summed E-state index contributed by atoms with van der Waals surface area (Å²) in [6, 6.07) is 1.66. The number of hydrogen-bond acceptors (Lipinski definition) is 5. The number of nitrogens with zero attached hydrogens (tertiary/aromatic N) is 2. The third-order valence-electron chi connectivity index (χ3n) is 3.80. The molecular formula is C14H24N4O2S. The Morgan fingerprint density at radius 1 is 1.43 bits per heavy atom. The maximum absolute atomic E-state index is 13.0. The minimum absolute atomic E-state index is 0.0863. The lowest BCUT2D eigenvalue weighted by Gasteiger charge is -2.30. The van der Waals surface area contributed by atoms with Gasteiger partial charge in [-0.2, -0.15) is 4.31 Å². The van der Waals surface area contributed by atoms with Crippen molar-refractivity contribution in [3.8, 4) is 0 Å². The Labute approximate surface area is 126 Å². The van der Waals surface area contributed by atoms with Gasteiger partial charge in [-0.1, -0.05) is 26.7 Å². The van der Waals surface area contributed by atoms with Gasteiger partial charge in [0.1, 0.15) is 4.90 Å². The van der Waals surface area contributed by atoms with E-state index in [1.807, 2.05) is 13.8 Å². The number of sulfonamides is 1. The zero-order chi connectivity index (χ0) is 15.5. The van der Waals surface area contributed by atoms with E-state index < -0.39 is 10.0 Å². The third-order valence-corrected chi connectivity index (χ3v) is 5.75. The number of aromatic nitrogens is 1. The number of rotatable bonds is 6. The van der Waals surface area contributed by atoms with E-state index >= 15 is 0 Å². The lowest BCUT2D eigenvalue weighted by Crippen LogP contribution is -2.41. The van der Waals surface area contributed by atoms with Crippen molar-refractivity contribution in [3.05, 3.63) is 18.5 Å². The van der Waals surface area contributed by atoms with Crippen molar-refractivity contribution in [3.63, 3.8) is 0 Å². The van der Waals surface area contributed by atoms with Gasteiger partial charge in [0.05, 0.1) is 5.69 Å². The average Bonchev–Trinajstić information content (AvgIpc) is 2.98. The Balaban J connectivity index is 2.41. The van der Waals surface area contributed by atoms with Gasteiger partial charge >= 0.3 is 0 Å². The van der Waals surface area contributed by atoms with E-state index in [0.717, 1.165) is 25.7 Å². The van der Waals surface area contributed by atoms with Gasteiger partial charge in [-0.25, -0.2) is 8.42 Å². The number of nitrogen functional groups attached to an aromatic ring is 1. The molecular weight excluding hydrogens is 288 g/mol. The van der Waals surface area contributed by atoms with E-state index in [1.54, 1.807) is 10.4 Å². The van der Waals surface area contributed by atoms with E-state index in [-0.39, 0.29) is 16.9 Å². The van der Waals surface area contributed by atoms with Gasteiger partial charge in [-0.15, -0.1) is 0 Å². The molecule has 21 heavy (non-hydrogen) atoms. The lowest BCUT2D eigenvalue weighted by molar-refractivity contribution is 0.292. The van der Waals surface area contributed by atoms with Gasteiger partial charge < -0.3 is 5.43 Å². The Kier molecular flexibility index (Phi) is 5.18. The van der Waals surface area contributed by atoms with E-state index in [4.69, 9.17) is 5.84 Å². The van der Waals surface area contributed by atoms with Crippen LogP contribution in [0.15, 0.2) is 23.4 Å². The molecule has 6 nitrogen and oxygen atoms in total. The topological polar surface area (TPSA) is 88.3 Å². The first-order chi connectivity index (χ1) is 9.96. The molecule has 3 N–H and O–H groups in total. The van der Waals surface area contributed by atoms with Gasteiger partial charge in [0.25, 0.3) is 0 Å². The highest BCUT2D eigenvalue weighted by molar-refractivity contribution is 7.89. The molecule has 2 rings (SSSR count). The summed E-state index contributed by atoms with van der Waals surface area (Å²) in [5.41, 5.74) is 2.84. The number of pyridine rings is 1. The lowest BCUT2D eigenvalue weighted by atomic mass is 10.2. The monoisotopic (exact) mass is 312 g/mol. The van der Waals surface area contributed by atoms with Crippen molar-refractivity contribution in [1.29, 1.82) is 0 Å². The minimum atomic E-state index is -3.59. The maximum atomic E-state index is 13.0. The van der Waals surface area contributed by atoms with Crippen LogP contribution < -0.4 is 11.3 Å². The van der Waals surface area contributed by atoms with Crippen LogP contribution in [0.2, 0.25) is 0 Å². The summed E-state index contributed by atoms with van der Waals surface area (Å²) < 4.78 is 27.7. The van der Waals surface area contributed by atoms with Crippen molar-refractivity contribution in [2.75, 3.05) is 12.0 Å². The third kappa shape index (κ3) is 3.53. The van der Waals surface area contributed by atoms with Crippen LogP contribution in [-0.2, 0) is 10.0 Å². The second-order valence-electron chi connectivity index (χ2n) is 5.92. The standard InChI is InChI=1S/C14H24N4O2S/c1-11(2)10-18(12-5-3-4-6-12)21(19,20)14-9-16-8-7-13(14)17-15/h7-9,11-12H,3-6,10,15H2,1-2H3,(H,16,17). The van der Waals surface area contributed by atoms with Gasteiger partial charge in [0, 0.05) is 25.0 Å². The van der Waals surface area contributed by atoms with Gasteiger partial charge in [-0.3, -0.25) is 10.8 Å². The molecule has 0 saturated heterocycles. The first-order valence-corrected chi connectivity index (χ1v) is 8.83. The average molecular weight is 312 g/mol. The molecule has 0 spiro atoms. The van der Waals surface area contributed by atoms with Crippen LogP contribution in [0.5, 0.6) is 0 Å². The number of hydrogen-bond donors (Lipinski definition) is 2. The van der Waals surface area contributed by atoms with Crippen LogP contribution in [0, 0.1) is 5.92 Å². The van der Waals surface area contributed by atoms with E-state index in [9.17, 15) is 8.42 Å². The van der Waals surface area contributed by atoms with Crippen LogP contribution in [0.1, 0.15) is 39.5 Å². The van der Waals surface area contributed by atoms with E-state index in [0.29, 0.717) is 12.2 Å². The second kappa shape index (κ2) is 6.72. The molecule has 1 aliphatic rings. The fraction of sp³-hybridized carbons (Fsp3) is 0.643. The second-order valence-corrected chi connectivity index (χ2v) is 7.78. The Morgan fingerprint density at radius 3 is 2.67 bits per heavy atom. The summed E-state index contributed by atoms with van der Waals surface area (Å²) in [7, 11) is -3.59. The molecule has 0 atom stereocenters. The number of anilines is 1. The quantitative estimate of drug-likeness (QED) is 0.619. The zero-order valence-corrected chi connectivity index (χ0v) is 13.4. The zero-order valence-electron chi connectivity index (χ0n) is 12.6. The number of nitrogens with two attached hydrogens (primary N) is 1. The van der Waals surface area contributed by atoms with Crippen LogP contribution in [0.25, 0.3) is 0 Å². The highest BCUT2D eigenvalue weighted by Crippen LogP contribution is 2.31. The Morgan fingerprint density at radius 2 is 2.10 bits per heavy atom. The Hall–Kier alpha value is -1.18. The molecule has 1 aromatic heterocycles. The molecule has 1 aliphatic carbocycles. The fourth-order valence-electron chi connectivity index (χ4n) is 2.83.